The second kappa shape index (κ2) is 13.8. The van der Waals surface area contributed by atoms with Gasteiger partial charge in [-0.15, -0.1) is 0 Å². The average Bonchev–Trinajstić information content (AvgIpc) is 2.36. The Bertz CT molecular complexity index is 210. The van der Waals surface area contributed by atoms with Crippen LogP contribution in [0.5, 0.6) is 0 Å². The summed E-state index contributed by atoms with van der Waals surface area (Å²) in [5, 5.41) is 2.73. The molecule has 0 aliphatic rings. The number of ether oxygens (including phenoxy) is 3. The van der Waals surface area contributed by atoms with Gasteiger partial charge in [-0.2, -0.15) is 0 Å². The predicted molar refractivity (Wildman–Crippen MR) is 75.2 cm³/mol. The molecule has 0 aromatic heterocycles. The first-order valence-electron chi connectivity index (χ1n) is 7.16. The molecule has 0 aliphatic carbocycles. The summed E-state index contributed by atoms with van der Waals surface area (Å²) in [6.45, 7) is 10.1. The number of carbonyl (C=O) groups excluding carboxylic acids is 1. The van der Waals surface area contributed by atoms with Gasteiger partial charge in [0.2, 0.25) is 5.91 Å². The lowest BCUT2D eigenvalue weighted by Crippen LogP contribution is -2.31. The molecule has 0 spiro atoms. The maximum Gasteiger partial charge on any atom is 0.246 e. The lowest BCUT2D eigenvalue weighted by atomic mass is 10.1. The molecular formula is C14H29NO4. The lowest BCUT2D eigenvalue weighted by Gasteiger charge is -2.08. The van der Waals surface area contributed by atoms with Crippen molar-refractivity contribution in [1.29, 1.82) is 0 Å². The quantitative estimate of drug-likeness (QED) is 0.519. The first-order valence-corrected chi connectivity index (χ1v) is 7.16. The number of carbonyl (C=O) groups is 1. The summed E-state index contributed by atoms with van der Waals surface area (Å²) in [7, 11) is 0. The SMILES string of the molecule is CCCOCC(=O)NCCOCCOCCC(C)C. The van der Waals surface area contributed by atoms with E-state index in [9.17, 15) is 4.79 Å². The molecule has 0 aromatic carbocycles. The van der Waals surface area contributed by atoms with Gasteiger partial charge in [0.05, 0.1) is 19.8 Å². The highest BCUT2D eigenvalue weighted by atomic mass is 16.5. The van der Waals surface area contributed by atoms with Crippen molar-refractivity contribution in [1.82, 2.24) is 5.32 Å². The van der Waals surface area contributed by atoms with E-state index in [0.717, 1.165) is 19.4 Å². The molecule has 0 aromatic rings. The highest BCUT2D eigenvalue weighted by Crippen LogP contribution is 1.98. The molecule has 0 aliphatic heterocycles. The summed E-state index contributed by atoms with van der Waals surface area (Å²) in [5.41, 5.74) is 0. The fourth-order valence-electron chi connectivity index (χ4n) is 1.26. The first kappa shape index (κ1) is 18.4. The zero-order valence-corrected chi connectivity index (χ0v) is 12.6. The summed E-state index contributed by atoms with van der Waals surface area (Å²) in [6, 6.07) is 0. The monoisotopic (exact) mass is 275 g/mol. The summed E-state index contributed by atoms with van der Waals surface area (Å²) in [5.74, 6) is 0.580. The highest BCUT2D eigenvalue weighted by Gasteiger charge is 1.99. The maximum atomic E-state index is 11.2. The molecule has 1 amide bonds. The lowest BCUT2D eigenvalue weighted by molar-refractivity contribution is -0.125. The Morgan fingerprint density at radius 3 is 2.32 bits per heavy atom. The van der Waals surface area contributed by atoms with Crippen LogP contribution >= 0.6 is 0 Å². The van der Waals surface area contributed by atoms with Crippen LogP contribution in [0, 0.1) is 5.92 Å². The van der Waals surface area contributed by atoms with Crippen molar-refractivity contribution in [2.45, 2.75) is 33.6 Å². The van der Waals surface area contributed by atoms with Crippen LogP contribution in [0.25, 0.3) is 0 Å². The van der Waals surface area contributed by atoms with Gasteiger partial charge in [0.15, 0.2) is 0 Å². The standard InChI is InChI=1S/C14H29NO4/c1-4-7-19-12-14(16)15-6-9-18-11-10-17-8-5-13(2)3/h13H,4-12H2,1-3H3,(H,15,16). The van der Waals surface area contributed by atoms with Gasteiger partial charge in [0.1, 0.15) is 6.61 Å². The Balaban J connectivity index is 3.11. The van der Waals surface area contributed by atoms with E-state index < -0.39 is 0 Å². The Kier molecular flexibility index (Phi) is 13.3. The third-order valence-electron chi connectivity index (χ3n) is 2.36. The van der Waals surface area contributed by atoms with Crippen LogP contribution in [0.15, 0.2) is 0 Å². The van der Waals surface area contributed by atoms with E-state index in [1.165, 1.54) is 0 Å². The number of rotatable bonds is 13. The number of hydrogen-bond donors (Lipinski definition) is 1. The van der Waals surface area contributed by atoms with Gasteiger partial charge in [0.25, 0.3) is 0 Å². The summed E-state index contributed by atoms with van der Waals surface area (Å²) in [4.78, 5) is 11.2. The smallest absolute Gasteiger partial charge is 0.246 e. The van der Waals surface area contributed by atoms with Crippen molar-refractivity contribution in [3.63, 3.8) is 0 Å². The predicted octanol–water partition coefficient (Wildman–Crippen LogP) is 1.61. The Hall–Kier alpha value is -0.650. The molecule has 0 atom stereocenters. The van der Waals surface area contributed by atoms with E-state index in [0.29, 0.717) is 38.9 Å². The molecular weight excluding hydrogens is 246 g/mol. The minimum absolute atomic E-state index is 0.0924. The van der Waals surface area contributed by atoms with Gasteiger partial charge in [-0.25, -0.2) is 0 Å². The summed E-state index contributed by atoms with van der Waals surface area (Å²) < 4.78 is 15.9. The number of amides is 1. The van der Waals surface area contributed by atoms with Crippen LogP contribution < -0.4 is 5.32 Å². The third kappa shape index (κ3) is 15.3. The first-order chi connectivity index (χ1) is 9.16. The van der Waals surface area contributed by atoms with Gasteiger partial charge in [0, 0.05) is 19.8 Å². The second-order valence-electron chi connectivity index (χ2n) is 4.81. The molecule has 0 unspecified atom stereocenters. The van der Waals surface area contributed by atoms with Crippen LogP contribution in [0.1, 0.15) is 33.6 Å². The van der Waals surface area contributed by atoms with Crippen molar-refractivity contribution in [2.75, 3.05) is 46.2 Å². The third-order valence-corrected chi connectivity index (χ3v) is 2.36. The second-order valence-corrected chi connectivity index (χ2v) is 4.81. The van der Waals surface area contributed by atoms with E-state index in [2.05, 4.69) is 19.2 Å². The molecule has 19 heavy (non-hydrogen) atoms. The molecule has 0 radical (unpaired) electrons. The van der Waals surface area contributed by atoms with Crippen molar-refractivity contribution < 1.29 is 19.0 Å². The average molecular weight is 275 g/mol. The fraction of sp³-hybridized carbons (Fsp3) is 0.929. The van der Waals surface area contributed by atoms with E-state index in [-0.39, 0.29) is 12.5 Å². The fourth-order valence-corrected chi connectivity index (χ4v) is 1.26. The molecule has 1 N–H and O–H groups in total. The largest absolute Gasteiger partial charge is 0.379 e. The van der Waals surface area contributed by atoms with Crippen LogP contribution in [-0.2, 0) is 19.0 Å². The van der Waals surface area contributed by atoms with Crippen molar-refractivity contribution in [3.05, 3.63) is 0 Å². The molecule has 0 saturated heterocycles. The minimum Gasteiger partial charge on any atom is -0.379 e. The number of hydrogen-bond acceptors (Lipinski definition) is 4. The molecule has 0 fully saturated rings. The van der Waals surface area contributed by atoms with E-state index >= 15 is 0 Å². The molecule has 0 bridgehead atoms. The molecule has 5 heteroatoms. The van der Waals surface area contributed by atoms with Gasteiger partial charge in [-0.05, 0) is 18.8 Å². The van der Waals surface area contributed by atoms with Gasteiger partial charge in [-0.1, -0.05) is 20.8 Å². The van der Waals surface area contributed by atoms with Gasteiger partial charge in [-0.3, -0.25) is 4.79 Å². The summed E-state index contributed by atoms with van der Waals surface area (Å²) in [6.07, 6.45) is 2.00. The zero-order valence-electron chi connectivity index (χ0n) is 12.6. The van der Waals surface area contributed by atoms with Crippen LogP contribution in [-0.4, -0.2) is 52.1 Å². The molecule has 0 rings (SSSR count). The van der Waals surface area contributed by atoms with Crippen LogP contribution in [0.2, 0.25) is 0 Å². The molecule has 0 saturated carbocycles. The molecule has 114 valence electrons. The van der Waals surface area contributed by atoms with Gasteiger partial charge >= 0.3 is 0 Å². The molecule has 5 nitrogen and oxygen atoms in total. The normalized spacial score (nSPS) is 10.9. The minimum atomic E-state index is -0.0924. The van der Waals surface area contributed by atoms with Crippen molar-refractivity contribution in [3.8, 4) is 0 Å². The highest BCUT2D eigenvalue weighted by molar-refractivity contribution is 5.77. The maximum absolute atomic E-state index is 11.2. The van der Waals surface area contributed by atoms with Crippen molar-refractivity contribution >= 4 is 5.91 Å². The summed E-state index contributed by atoms with van der Waals surface area (Å²) >= 11 is 0. The molecule has 0 heterocycles. The number of nitrogens with one attached hydrogen (secondary N) is 1. The van der Waals surface area contributed by atoms with Gasteiger partial charge < -0.3 is 19.5 Å². The van der Waals surface area contributed by atoms with E-state index in [1.54, 1.807) is 0 Å². The Labute approximate surface area is 117 Å². The zero-order chi connectivity index (χ0) is 14.3. The van der Waals surface area contributed by atoms with E-state index in [4.69, 9.17) is 14.2 Å². The Morgan fingerprint density at radius 2 is 1.68 bits per heavy atom. The van der Waals surface area contributed by atoms with Crippen molar-refractivity contribution in [2.24, 2.45) is 5.92 Å². The topological polar surface area (TPSA) is 56.8 Å². The Morgan fingerprint density at radius 1 is 1.00 bits per heavy atom. The van der Waals surface area contributed by atoms with Crippen LogP contribution in [0.3, 0.4) is 0 Å². The van der Waals surface area contributed by atoms with Crippen LogP contribution in [0.4, 0.5) is 0 Å². The van der Waals surface area contributed by atoms with E-state index in [1.807, 2.05) is 6.92 Å².